The summed E-state index contributed by atoms with van der Waals surface area (Å²) < 4.78 is 11.2. The first kappa shape index (κ1) is 21.3. The number of rotatable bonds is 8. The minimum Gasteiger partial charge on any atom is -0.491 e. The molecule has 7 heteroatoms. The number of fused-ring (bicyclic) bond motifs is 1. The Morgan fingerprint density at radius 2 is 2.07 bits per heavy atom. The van der Waals surface area contributed by atoms with E-state index in [-0.39, 0.29) is 24.4 Å². The van der Waals surface area contributed by atoms with Gasteiger partial charge in [-0.25, -0.2) is 0 Å². The van der Waals surface area contributed by atoms with Gasteiger partial charge in [0.1, 0.15) is 12.4 Å². The van der Waals surface area contributed by atoms with Gasteiger partial charge in [0.25, 0.3) is 0 Å². The van der Waals surface area contributed by atoms with E-state index < -0.39 is 0 Å². The summed E-state index contributed by atoms with van der Waals surface area (Å²) >= 11 is 1.72. The maximum Gasteiger partial charge on any atom is 0.242 e. The van der Waals surface area contributed by atoms with Gasteiger partial charge in [0, 0.05) is 32.0 Å². The molecule has 0 unspecified atom stereocenters. The van der Waals surface area contributed by atoms with Crippen LogP contribution in [0.4, 0.5) is 0 Å². The molecule has 0 N–H and O–H groups in total. The van der Waals surface area contributed by atoms with E-state index in [4.69, 9.17) is 9.47 Å². The second-order valence-corrected chi connectivity index (χ2v) is 8.16. The maximum absolute atomic E-state index is 13.1. The van der Waals surface area contributed by atoms with Crippen LogP contribution in [0.2, 0.25) is 0 Å². The Labute approximate surface area is 176 Å². The fraction of sp³-hybridized carbons (Fsp3) is 0.455. The number of nitrogens with zero attached hydrogens (tertiary/aromatic N) is 2. The lowest BCUT2D eigenvalue weighted by atomic mass is 10.0. The summed E-state index contributed by atoms with van der Waals surface area (Å²) in [6.07, 6.45) is 0.831. The number of carbonyl (C=O) groups excluding carboxylic acids is 2. The van der Waals surface area contributed by atoms with Crippen LogP contribution in [0.25, 0.3) is 0 Å². The van der Waals surface area contributed by atoms with Crippen molar-refractivity contribution in [2.24, 2.45) is 0 Å². The number of hydrogen-bond acceptors (Lipinski definition) is 5. The molecule has 2 amide bonds. The number of thiophene rings is 1. The van der Waals surface area contributed by atoms with Crippen LogP contribution in [-0.4, -0.2) is 61.6 Å². The SMILES string of the molecule is COCCN(CC(=O)N1CCc2sccc2[C@H]1COc1ccccc1C)C(C)=O. The Kier molecular flexibility index (Phi) is 7.28. The van der Waals surface area contributed by atoms with Gasteiger partial charge < -0.3 is 19.3 Å². The molecule has 2 aromatic rings. The molecule has 0 saturated carbocycles. The Hall–Kier alpha value is -2.38. The standard InChI is InChI=1S/C22H28N2O4S/c1-16-6-4-5-7-20(16)28-15-19-18-9-13-29-21(18)8-10-24(19)22(26)14-23(17(2)25)11-12-27-3/h4-7,9,13,19H,8,10-12,14-15H2,1-3H3/t19-/m1/s1. The molecule has 0 bridgehead atoms. The molecule has 1 aromatic carbocycles. The van der Waals surface area contributed by atoms with E-state index in [9.17, 15) is 9.59 Å². The van der Waals surface area contributed by atoms with Gasteiger partial charge in [-0.3, -0.25) is 9.59 Å². The fourth-order valence-corrected chi connectivity index (χ4v) is 4.49. The summed E-state index contributed by atoms with van der Waals surface area (Å²) in [5.74, 6) is 0.635. The fourth-order valence-electron chi connectivity index (χ4n) is 3.57. The molecule has 1 aliphatic rings. The molecule has 6 nitrogen and oxygen atoms in total. The van der Waals surface area contributed by atoms with Crippen LogP contribution in [0.1, 0.15) is 29.0 Å². The van der Waals surface area contributed by atoms with Gasteiger partial charge >= 0.3 is 0 Å². The second-order valence-electron chi connectivity index (χ2n) is 7.16. The molecule has 1 aliphatic heterocycles. The van der Waals surface area contributed by atoms with E-state index in [1.807, 2.05) is 36.1 Å². The lowest BCUT2D eigenvalue weighted by molar-refractivity contribution is -0.142. The van der Waals surface area contributed by atoms with E-state index in [1.165, 1.54) is 16.7 Å². The van der Waals surface area contributed by atoms with Crippen molar-refractivity contribution in [3.63, 3.8) is 0 Å². The number of carbonyl (C=O) groups is 2. The van der Waals surface area contributed by atoms with Crippen LogP contribution < -0.4 is 4.74 Å². The van der Waals surface area contributed by atoms with Crippen molar-refractivity contribution < 1.29 is 19.1 Å². The molecule has 0 radical (unpaired) electrons. The Balaban J connectivity index is 1.76. The minimum atomic E-state index is -0.159. The molecular weight excluding hydrogens is 388 g/mol. The van der Waals surface area contributed by atoms with Gasteiger partial charge in [0.05, 0.1) is 19.2 Å². The number of methoxy groups -OCH3 is 1. The largest absolute Gasteiger partial charge is 0.491 e. The van der Waals surface area contributed by atoms with E-state index >= 15 is 0 Å². The zero-order valence-electron chi connectivity index (χ0n) is 17.2. The van der Waals surface area contributed by atoms with Crippen molar-refractivity contribution in [3.05, 3.63) is 51.7 Å². The van der Waals surface area contributed by atoms with Crippen molar-refractivity contribution in [1.29, 1.82) is 0 Å². The first-order valence-electron chi connectivity index (χ1n) is 9.80. The van der Waals surface area contributed by atoms with Crippen LogP contribution >= 0.6 is 11.3 Å². The summed E-state index contributed by atoms with van der Waals surface area (Å²) in [7, 11) is 1.59. The zero-order chi connectivity index (χ0) is 20.8. The van der Waals surface area contributed by atoms with Crippen molar-refractivity contribution in [3.8, 4) is 5.75 Å². The average Bonchev–Trinajstić information content (AvgIpc) is 3.19. The average molecular weight is 417 g/mol. The van der Waals surface area contributed by atoms with Gasteiger partial charge in [0.2, 0.25) is 11.8 Å². The number of aryl methyl sites for hydroxylation is 1. The lowest BCUT2D eigenvalue weighted by Gasteiger charge is -2.37. The third-order valence-corrected chi connectivity index (χ3v) is 6.24. The number of ether oxygens (including phenoxy) is 2. The molecule has 1 aromatic heterocycles. The number of hydrogen-bond donors (Lipinski definition) is 0. The van der Waals surface area contributed by atoms with E-state index in [0.717, 1.165) is 23.3 Å². The molecule has 156 valence electrons. The molecular formula is C22H28N2O4S. The predicted molar refractivity (Wildman–Crippen MR) is 113 cm³/mol. The highest BCUT2D eigenvalue weighted by Gasteiger charge is 2.33. The smallest absolute Gasteiger partial charge is 0.242 e. The van der Waals surface area contributed by atoms with E-state index in [1.54, 1.807) is 18.4 Å². The van der Waals surface area contributed by atoms with E-state index in [0.29, 0.717) is 26.3 Å². The van der Waals surface area contributed by atoms with Crippen molar-refractivity contribution in [1.82, 2.24) is 9.80 Å². The normalized spacial score (nSPS) is 15.7. The topological polar surface area (TPSA) is 59.1 Å². The number of amides is 2. The Bertz CT molecular complexity index is 851. The minimum absolute atomic E-state index is 0.0546. The number of benzene rings is 1. The third kappa shape index (κ3) is 5.16. The predicted octanol–water partition coefficient (Wildman–Crippen LogP) is 3.06. The highest BCUT2D eigenvalue weighted by Crippen LogP contribution is 2.34. The summed E-state index contributed by atoms with van der Waals surface area (Å²) in [4.78, 5) is 29.8. The Morgan fingerprint density at radius 3 is 2.79 bits per heavy atom. The van der Waals surface area contributed by atoms with Gasteiger partial charge in [0.15, 0.2) is 0 Å². The molecule has 2 heterocycles. The Morgan fingerprint density at radius 1 is 1.28 bits per heavy atom. The van der Waals surface area contributed by atoms with Crippen LogP contribution in [0.5, 0.6) is 5.75 Å². The molecule has 0 fully saturated rings. The van der Waals surface area contributed by atoms with Crippen molar-refractivity contribution in [2.45, 2.75) is 26.3 Å². The molecule has 0 aliphatic carbocycles. The molecule has 3 rings (SSSR count). The van der Waals surface area contributed by atoms with Gasteiger partial charge in [-0.2, -0.15) is 0 Å². The van der Waals surface area contributed by atoms with Gasteiger partial charge in [-0.1, -0.05) is 18.2 Å². The van der Waals surface area contributed by atoms with Crippen molar-refractivity contribution in [2.75, 3.05) is 40.0 Å². The maximum atomic E-state index is 13.1. The zero-order valence-corrected chi connectivity index (χ0v) is 18.0. The van der Waals surface area contributed by atoms with Crippen molar-refractivity contribution >= 4 is 23.2 Å². The van der Waals surface area contributed by atoms with Crippen LogP contribution in [-0.2, 0) is 20.7 Å². The first-order valence-corrected chi connectivity index (χ1v) is 10.7. The molecule has 1 atom stereocenters. The highest BCUT2D eigenvalue weighted by molar-refractivity contribution is 7.10. The molecule has 0 spiro atoms. The third-order valence-electron chi connectivity index (χ3n) is 5.24. The lowest BCUT2D eigenvalue weighted by Crippen LogP contribution is -2.48. The van der Waals surface area contributed by atoms with Gasteiger partial charge in [-0.15, -0.1) is 11.3 Å². The summed E-state index contributed by atoms with van der Waals surface area (Å²) in [6.45, 7) is 5.37. The molecule has 29 heavy (non-hydrogen) atoms. The highest BCUT2D eigenvalue weighted by atomic mass is 32.1. The number of para-hydroxylation sites is 1. The first-order chi connectivity index (χ1) is 14.0. The monoisotopic (exact) mass is 416 g/mol. The molecule has 0 saturated heterocycles. The second kappa shape index (κ2) is 9.89. The quantitative estimate of drug-likeness (QED) is 0.664. The summed E-state index contributed by atoms with van der Waals surface area (Å²) in [6, 6.07) is 9.80. The van der Waals surface area contributed by atoms with E-state index in [2.05, 4.69) is 11.4 Å². The summed E-state index contributed by atoms with van der Waals surface area (Å²) in [5, 5.41) is 2.07. The van der Waals surface area contributed by atoms with Crippen LogP contribution in [0.15, 0.2) is 35.7 Å². The van der Waals surface area contributed by atoms with Crippen LogP contribution in [0.3, 0.4) is 0 Å². The summed E-state index contributed by atoms with van der Waals surface area (Å²) in [5.41, 5.74) is 2.21. The van der Waals surface area contributed by atoms with Gasteiger partial charge in [-0.05, 0) is 42.0 Å². The van der Waals surface area contributed by atoms with Crippen LogP contribution in [0, 0.1) is 6.92 Å².